The Labute approximate surface area is 92.8 Å². The Bertz CT molecular complexity index is 84.7. The molecule has 0 unspecified atom stereocenters. The van der Waals surface area contributed by atoms with E-state index in [4.69, 9.17) is 21.7 Å². The van der Waals surface area contributed by atoms with Crippen LogP contribution in [0, 0.1) is 0 Å². The van der Waals surface area contributed by atoms with Gasteiger partial charge in [-0.2, -0.15) is 0 Å². The Hall–Kier alpha value is -0.200. The summed E-state index contributed by atoms with van der Waals surface area (Å²) in [7, 11) is 0. The molecule has 0 rings (SSSR count). The molecular formula is C10H27N3O2. The van der Waals surface area contributed by atoms with Crippen molar-refractivity contribution < 1.29 is 10.2 Å². The fourth-order valence-corrected chi connectivity index (χ4v) is 0.925. The molecule has 7 N–H and O–H groups in total. The van der Waals surface area contributed by atoms with Gasteiger partial charge in [0.25, 0.3) is 0 Å². The summed E-state index contributed by atoms with van der Waals surface area (Å²) in [4.78, 5) is 0. The molecule has 0 aliphatic heterocycles. The zero-order chi connectivity index (χ0) is 11.8. The fraction of sp³-hybridized carbons (Fsp3) is 1.00. The van der Waals surface area contributed by atoms with Crippen molar-refractivity contribution in [2.45, 2.75) is 25.7 Å². The lowest BCUT2D eigenvalue weighted by Crippen LogP contribution is -2.21. The van der Waals surface area contributed by atoms with Gasteiger partial charge in [-0.05, 0) is 25.9 Å². The highest BCUT2D eigenvalue weighted by atomic mass is 16.3. The van der Waals surface area contributed by atoms with Crippen LogP contribution in [0.1, 0.15) is 25.7 Å². The standard InChI is InChI=1S/C6H16N2.C4H11NO2/c7-5-3-1-2-4-6-8;6-3-1-5-2-4-7/h1-8H2;5-7H,1-4H2. The first-order valence-electron chi connectivity index (χ1n) is 5.66. The van der Waals surface area contributed by atoms with E-state index >= 15 is 0 Å². The Morgan fingerprint density at radius 3 is 1.40 bits per heavy atom. The molecule has 15 heavy (non-hydrogen) atoms. The zero-order valence-corrected chi connectivity index (χ0v) is 9.62. The molecule has 0 saturated heterocycles. The quantitative estimate of drug-likeness (QED) is 0.322. The van der Waals surface area contributed by atoms with Crippen molar-refractivity contribution in [3.8, 4) is 0 Å². The first-order valence-corrected chi connectivity index (χ1v) is 5.66. The topological polar surface area (TPSA) is 105 Å². The van der Waals surface area contributed by atoms with Crippen molar-refractivity contribution in [2.24, 2.45) is 11.5 Å². The molecule has 0 amide bonds. The maximum atomic E-state index is 8.15. The van der Waals surface area contributed by atoms with Gasteiger partial charge < -0.3 is 27.0 Å². The maximum Gasteiger partial charge on any atom is 0.0555 e. The van der Waals surface area contributed by atoms with Gasteiger partial charge >= 0.3 is 0 Å². The molecule has 5 nitrogen and oxygen atoms in total. The third kappa shape index (κ3) is 24.8. The van der Waals surface area contributed by atoms with Crippen molar-refractivity contribution in [1.82, 2.24) is 5.32 Å². The lowest BCUT2D eigenvalue weighted by Gasteiger charge is -1.94. The monoisotopic (exact) mass is 221 g/mol. The predicted octanol–water partition coefficient (Wildman–Crippen LogP) is -0.975. The summed E-state index contributed by atoms with van der Waals surface area (Å²) in [6.45, 7) is 3.07. The molecule has 0 radical (unpaired) electrons. The highest BCUT2D eigenvalue weighted by Gasteiger charge is 1.83. The second-order valence-electron chi connectivity index (χ2n) is 3.19. The minimum Gasteiger partial charge on any atom is -0.395 e. The molecule has 0 aromatic heterocycles. The lowest BCUT2D eigenvalue weighted by atomic mass is 10.2. The summed E-state index contributed by atoms with van der Waals surface area (Å²) in [5, 5.41) is 19.1. The Balaban J connectivity index is 0. The average molecular weight is 221 g/mol. The van der Waals surface area contributed by atoms with E-state index in [1.807, 2.05) is 0 Å². The molecule has 0 aromatic rings. The van der Waals surface area contributed by atoms with E-state index < -0.39 is 0 Å². The van der Waals surface area contributed by atoms with Crippen LogP contribution in [0.25, 0.3) is 0 Å². The van der Waals surface area contributed by atoms with Crippen LogP contribution in [0.5, 0.6) is 0 Å². The smallest absolute Gasteiger partial charge is 0.0555 e. The van der Waals surface area contributed by atoms with Crippen LogP contribution < -0.4 is 16.8 Å². The lowest BCUT2D eigenvalue weighted by molar-refractivity contribution is 0.267. The van der Waals surface area contributed by atoms with Gasteiger partial charge in [-0.3, -0.25) is 0 Å². The molecule has 0 spiro atoms. The molecule has 0 fully saturated rings. The van der Waals surface area contributed by atoms with Crippen LogP contribution in [-0.4, -0.2) is 49.6 Å². The zero-order valence-electron chi connectivity index (χ0n) is 9.62. The predicted molar refractivity (Wildman–Crippen MR) is 63.6 cm³/mol. The van der Waals surface area contributed by atoms with Crippen LogP contribution >= 0.6 is 0 Å². The fourth-order valence-electron chi connectivity index (χ4n) is 0.925. The maximum absolute atomic E-state index is 8.15. The van der Waals surface area contributed by atoms with Gasteiger partial charge in [0.2, 0.25) is 0 Å². The number of unbranched alkanes of at least 4 members (excludes halogenated alkanes) is 3. The molecule has 0 aliphatic rings. The van der Waals surface area contributed by atoms with E-state index in [0.29, 0.717) is 13.1 Å². The Morgan fingerprint density at radius 1 is 0.733 bits per heavy atom. The largest absolute Gasteiger partial charge is 0.395 e. The van der Waals surface area contributed by atoms with Gasteiger partial charge in [0, 0.05) is 13.1 Å². The van der Waals surface area contributed by atoms with Crippen LogP contribution in [0.4, 0.5) is 0 Å². The molecule has 5 heteroatoms. The number of nitrogens with one attached hydrogen (secondary N) is 1. The SMILES string of the molecule is NCCCCCCN.OCCNCCO. The van der Waals surface area contributed by atoms with Gasteiger partial charge in [0.15, 0.2) is 0 Å². The van der Waals surface area contributed by atoms with E-state index in [-0.39, 0.29) is 13.2 Å². The third-order valence-corrected chi connectivity index (χ3v) is 1.74. The second kappa shape index (κ2) is 19.4. The Kier molecular flexibility index (Phi) is 22.2. The summed E-state index contributed by atoms with van der Waals surface area (Å²) in [5.41, 5.74) is 10.6. The normalized spacial score (nSPS) is 9.60. The van der Waals surface area contributed by atoms with E-state index in [0.717, 1.165) is 25.9 Å². The first-order chi connectivity index (χ1) is 7.33. The van der Waals surface area contributed by atoms with Crippen molar-refractivity contribution in [2.75, 3.05) is 39.4 Å². The van der Waals surface area contributed by atoms with E-state index in [1.54, 1.807) is 0 Å². The molecule has 0 bridgehead atoms. The average Bonchev–Trinajstić information content (AvgIpc) is 2.26. The van der Waals surface area contributed by atoms with Crippen molar-refractivity contribution >= 4 is 0 Å². The number of hydrogen-bond donors (Lipinski definition) is 5. The number of aliphatic hydroxyl groups excluding tert-OH is 2. The first kappa shape index (κ1) is 17.2. The summed E-state index contributed by atoms with van der Waals surface area (Å²) in [6.07, 6.45) is 4.79. The summed E-state index contributed by atoms with van der Waals surface area (Å²) in [6, 6.07) is 0. The highest BCUT2D eigenvalue weighted by Crippen LogP contribution is 1.95. The van der Waals surface area contributed by atoms with Crippen LogP contribution in [0.3, 0.4) is 0 Å². The number of rotatable bonds is 9. The van der Waals surface area contributed by atoms with Crippen LogP contribution in [-0.2, 0) is 0 Å². The van der Waals surface area contributed by atoms with Gasteiger partial charge in [-0.25, -0.2) is 0 Å². The summed E-state index contributed by atoms with van der Waals surface area (Å²) >= 11 is 0. The molecule has 94 valence electrons. The molecular weight excluding hydrogens is 194 g/mol. The summed E-state index contributed by atoms with van der Waals surface area (Å²) in [5.74, 6) is 0. The van der Waals surface area contributed by atoms with Crippen molar-refractivity contribution in [1.29, 1.82) is 0 Å². The molecule has 0 saturated carbocycles. The molecule has 0 heterocycles. The van der Waals surface area contributed by atoms with E-state index in [1.165, 1.54) is 12.8 Å². The highest BCUT2D eigenvalue weighted by molar-refractivity contribution is 4.43. The minimum absolute atomic E-state index is 0.139. The van der Waals surface area contributed by atoms with Crippen molar-refractivity contribution in [3.05, 3.63) is 0 Å². The van der Waals surface area contributed by atoms with Gasteiger partial charge in [0.1, 0.15) is 0 Å². The molecule has 0 atom stereocenters. The van der Waals surface area contributed by atoms with Crippen LogP contribution in [0.15, 0.2) is 0 Å². The van der Waals surface area contributed by atoms with E-state index in [9.17, 15) is 0 Å². The second-order valence-corrected chi connectivity index (χ2v) is 3.19. The van der Waals surface area contributed by atoms with Gasteiger partial charge in [-0.15, -0.1) is 0 Å². The van der Waals surface area contributed by atoms with Gasteiger partial charge in [-0.1, -0.05) is 12.8 Å². The van der Waals surface area contributed by atoms with Crippen LogP contribution in [0.2, 0.25) is 0 Å². The van der Waals surface area contributed by atoms with Gasteiger partial charge in [0.05, 0.1) is 13.2 Å². The Morgan fingerprint density at radius 2 is 1.13 bits per heavy atom. The molecule has 0 aromatic carbocycles. The third-order valence-electron chi connectivity index (χ3n) is 1.74. The van der Waals surface area contributed by atoms with E-state index in [2.05, 4.69) is 5.32 Å². The minimum atomic E-state index is 0.139. The van der Waals surface area contributed by atoms with Crippen molar-refractivity contribution in [3.63, 3.8) is 0 Å². The number of hydrogen-bond acceptors (Lipinski definition) is 5. The summed E-state index contributed by atoms with van der Waals surface area (Å²) < 4.78 is 0. The number of nitrogens with two attached hydrogens (primary N) is 2. The molecule has 0 aliphatic carbocycles. The number of aliphatic hydroxyl groups is 2.